The van der Waals surface area contributed by atoms with Crippen molar-refractivity contribution in [3.63, 3.8) is 0 Å². The van der Waals surface area contributed by atoms with Crippen molar-refractivity contribution in [2.75, 3.05) is 19.8 Å². The third-order valence-corrected chi connectivity index (χ3v) is 4.66. The van der Waals surface area contributed by atoms with Gasteiger partial charge in [0.25, 0.3) is 0 Å². The Morgan fingerprint density at radius 3 is 2.76 bits per heavy atom. The van der Waals surface area contributed by atoms with Crippen molar-refractivity contribution in [1.82, 2.24) is 5.32 Å². The van der Waals surface area contributed by atoms with Crippen LogP contribution >= 0.6 is 0 Å². The molecule has 2 unspecified atom stereocenters. The molecule has 2 aliphatic carbocycles. The molecule has 21 heavy (non-hydrogen) atoms. The van der Waals surface area contributed by atoms with Crippen LogP contribution in [0.2, 0.25) is 0 Å². The van der Waals surface area contributed by atoms with E-state index >= 15 is 0 Å². The monoisotopic (exact) mass is 297 g/mol. The van der Waals surface area contributed by atoms with Crippen molar-refractivity contribution in [3.05, 3.63) is 0 Å². The van der Waals surface area contributed by atoms with Crippen LogP contribution in [0.5, 0.6) is 0 Å². The lowest BCUT2D eigenvalue weighted by Gasteiger charge is -2.39. The van der Waals surface area contributed by atoms with Crippen LogP contribution in [-0.2, 0) is 14.3 Å². The normalized spacial score (nSPS) is 29.3. The Bertz CT molecular complexity index is 330. The average Bonchev–Trinajstić information content (AvgIpc) is 3.30. The third-order valence-electron chi connectivity index (χ3n) is 4.66. The molecule has 4 nitrogen and oxygen atoms in total. The van der Waals surface area contributed by atoms with E-state index in [-0.39, 0.29) is 12.1 Å². The quantitative estimate of drug-likeness (QED) is 0.665. The van der Waals surface area contributed by atoms with Crippen LogP contribution < -0.4 is 5.32 Å². The summed E-state index contributed by atoms with van der Waals surface area (Å²) in [7, 11) is 0. The Labute approximate surface area is 129 Å². The third kappa shape index (κ3) is 4.96. The zero-order valence-electron chi connectivity index (χ0n) is 13.7. The molecule has 2 atom stereocenters. The smallest absolute Gasteiger partial charge is 0.326 e. The van der Waals surface area contributed by atoms with Crippen LogP contribution in [-0.4, -0.2) is 37.4 Å². The summed E-state index contributed by atoms with van der Waals surface area (Å²) >= 11 is 0. The van der Waals surface area contributed by atoms with Crippen molar-refractivity contribution < 1.29 is 14.3 Å². The second-order valence-corrected chi connectivity index (χ2v) is 6.55. The lowest BCUT2D eigenvalue weighted by molar-refractivity contribution is -0.155. The summed E-state index contributed by atoms with van der Waals surface area (Å²) in [5.74, 6) is 0.815. The number of hydrogen-bond donors (Lipinski definition) is 1. The fourth-order valence-corrected chi connectivity index (χ4v) is 3.23. The maximum atomic E-state index is 12.4. The Balaban J connectivity index is 1.88. The standard InChI is InChI=1S/C17H31NO3/c1-3-11-18-17(16(19)20-4-2)10-5-6-15(13-17)21-12-9-14-7-8-14/h14-15,18H,3-13H2,1-2H3. The minimum atomic E-state index is -0.519. The van der Waals surface area contributed by atoms with E-state index in [1.165, 1.54) is 19.3 Å². The van der Waals surface area contributed by atoms with Gasteiger partial charge in [-0.1, -0.05) is 19.8 Å². The number of carbonyl (C=O) groups excluding carboxylic acids is 1. The summed E-state index contributed by atoms with van der Waals surface area (Å²) in [6.45, 7) is 6.15. The van der Waals surface area contributed by atoms with E-state index in [4.69, 9.17) is 9.47 Å². The maximum Gasteiger partial charge on any atom is 0.326 e. The first-order chi connectivity index (χ1) is 10.2. The van der Waals surface area contributed by atoms with Gasteiger partial charge in [0.15, 0.2) is 0 Å². The molecule has 0 aromatic heterocycles. The molecule has 0 aromatic rings. The van der Waals surface area contributed by atoms with Gasteiger partial charge in [-0.05, 0) is 51.5 Å². The highest BCUT2D eigenvalue weighted by Crippen LogP contribution is 2.34. The Morgan fingerprint density at radius 2 is 2.10 bits per heavy atom. The molecule has 0 saturated heterocycles. The minimum Gasteiger partial charge on any atom is -0.465 e. The van der Waals surface area contributed by atoms with Crippen molar-refractivity contribution in [3.8, 4) is 0 Å². The molecule has 0 heterocycles. The molecule has 2 rings (SSSR count). The summed E-state index contributed by atoms with van der Waals surface area (Å²) in [5.41, 5.74) is -0.519. The number of carbonyl (C=O) groups is 1. The first-order valence-corrected chi connectivity index (χ1v) is 8.74. The highest BCUT2D eigenvalue weighted by molar-refractivity contribution is 5.81. The Kier molecular flexibility index (Phi) is 6.49. The van der Waals surface area contributed by atoms with E-state index in [0.29, 0.717) is 6.61 Å². The molecule has 0 amide bonds. The van der Waals surface area contributed by atoms with Crippen molar-refractivity contribution in [2.45, 2.75) is 76.9 Å². The van der Waals surface area contributed by atoms with E-state index in [1.54, 1.807) is 0 Å². The molecule has 0 spiro atoms. The second kappa shape index (κ2) is 8.14. The van der Waals surface area contributed by atoms with Gasteiger partial charge < -0.3 is 14.8 Å². The van der Waals surface area contributed by atoms with E-state index < -0.39 is 5.54 Å². The molecule has 0 bridgehead atoms. The van der Waals surface area contributed by atoms with Crippen LogP contribution in [0.15, 0.2) is 0 Å². The predicted molar refractivity (Wildman–Crippen MR) is 83.2 cm³/mol. The predicted octanol–water partition coefficient (Wildman–Crippen LogP) is 3.05. The molecule has 122 valence electrons. The molecule has 0 aliphatic heterocycles. The van der Waals surface area contributed by atoms with Gasteiger partial charge >= 0.3 is 5.97 Å². The molecule has 2 aliphatic rings. The summed E-state index contributed by atoms with van der Waals surface area (Å²) in [5, 5.41) is 3.46. The summed E-state index contributed by atoms with van der Waals surface area (Å²) < 4.78 is 11.4. The van der Waals surface area contributed by atoms with Crippen LogP contribution in [0, 0.1) is 5.92 Å². The highest BCUT2D eigenvalue weighted by Gasteiger charge is 2.44. The summed E-state index contributed by atoms with van der Waals surface area (Å²) in [6, 6.07) is 0. The lowest BCUT2D eigenvalue weighted by Crippen LogP contribution is -2.57. The fraction of sp³-hybridized carbons (Fsp3) is 0.941. The Hall–Kier alpha value is -0.610. The fourth-order valence-electron chi connectivity index (χ4n) is 3.23. The topological polar surface area (TPSA) is 47.6 Å². The molecule has 1 N–H and O–H groups in total. The molecule has 4 heteroatoms. The molecular weight excluding hydrogens is 266 g/mol. The van der Waals surface area contributed by atoms with Gasteiger partial charge in [0, 0.05) is 13.0 Å². The first-order valence-electron chi connectivity index (χ1n) is 8.74. The molecular formula is C17H31NO3. The second-order valence-electron chi connectivity index (χ2n) is 6.55. The summed E-state index contributed by atoms with van der Waals surface area (Å²) in [6.07, 6.45) is 8.89. The zero-order valence-corrected chi connectivity index (χ0v) is 13.7. The van der Waals surface area contributed by atoms with E-state index in [0.717, 1.165) is 51.2 Å². The Morgan fingerprint density at radius 1 is 1.29 bits per heavy atom. The van der Waals surface area contributed by atoms with Crippen LogP contribution in [0.25, 0.3) is 0 Å². The minimum absolute atomic E-state index is 0.0889. The first kappa shape index (κ1) is 16.8. The number of rotatable bonds is 9. The molecule has 0 radical (unpaired) electrons. The number of ether oxygens (including phenoxy) is 2. The highest BCUT2D eigenvalue weighted by atomic mass is 16.5. The van der Waals surface area contributed by atoms with Crippen molar-refractivity contribution in [1.29, 1.82) is 0 Å². The zero-order chi connectivity index (χ0) is 15.1. The lowest BCUT2D eigenvalue weighted by atomic mass is 9.79. The van der Waals surface area contributed by atoms with Gasteiger partial charge in [-0.15, -0.1) is 0 Å². The van der Waals surface area contributed by atoms with Crippen LogP contribution in [0.3, 0.4) is 0 Å². The largest absolute Gasteiger partial charge is 0.465 e. The van der Waals surface area contributed by atoms with Gasteiger partial charge in [0.2, 0.25) is 0 Å². The van der Waals surface area contributed by atoms with Gasteiger partial charge in [0.05, 0.1) is 12.7 Å². The van der Waals surface area contributed by atoms with Crippen LogP contribution in [0.4, 0.5) is 0 Å². The number of nitrogens with one attached hydrogen (secondary N) is 1. The van der Waals surface area contributed by atoms with Crippen molar-refractivity contribution in [2.24, 2.45) is 5.92 Å². The van der Waals surface area contributed by atoms with Gasteiger partial charge in [0.1, 0.15) is 5.54 Å². The van der Waals surface area contributed by atoms with Crippen LogP contribution in [0.1, 0.15) is 65.2 Å². The average molecular weight is 297 g/mol. The molecule has 2 saturated carbocycles. The maximum absolute atomic E-state index is 12.4. The summed E-state index contributed by atoms with van der Waals surface area (Å²) in [4.78, 5) is 12.4. The molecule has 2 fully saturated rings. The van der Waals surface area contributed by atoms with Gasteiger partial charge in [-0.3, -0.25) is 4.79 Å². The van der Waals surface area contributed by atoms with Crippen molar-refractivity contribution >= 4 is 5.97 Å². The van der Waals surface area contributed by atoms with Gasteiger partial charge in [-0.2, -0.15) is 0 Å². The van der Waals surface area contributed by atoms with Gasteiger partial charge in [-0.25, -0.2) is 0 Å². The SMILES string of the molecule is CCCNC1(C(=O)OCC)CCCC(OCCC2CC2)C1. The number of hydrogen-bond acceptors (Lipinski definition) is 4. The van der Waals surface area contributed by atoms with E-state index in [9.17, 15) is 4.79 Å². The van der Waals surface area contributed by atoms with E-state index in [1.807, 2.05) is 6.92 Å². The van der Waals surface area contributed by atoms with E-state index in [2.05, 4.69) is 12.2 Å². The molecule has 0 aromatic carbocycles. The number of esters is 1.